The van der Waals surface area contributed by atoms with Crippen LogP contribution in [-0.4, -0.2) is 38.0 Å². The van der Waals surface area contributed by atoms with Crippen LogP contribution in [0.3, 0.4) is 0 Å². The molecule has 2 unspecified atom stereocenters. The molecule has 3 aliphatic rings. The van der Waals surface area contributed by atoms with Crippen LogP contribution in [0, 0.1) is 0 Å². The topological polar surface area (TPSA) is 80.1 Å². The van der Waals surface area contributed by atoms with Gasteiger partial charge in [0.15, 0.2) is 0 Å². The number of nitrogens with one attached hydrogen (secondary N) is 1. The van der Waals surface area contributed by atoms with Crippen LogP contribution >= 0.6 is 0 Å². The van der Waals surface area contributed by atoms with E-state index < -0.39 is 11.5 Å². The molecule has 6 rings (SSSR count). The normalized spacial score (nSPS) is 24.2. The fourth-order valence-electron chi connectivity index (χ4n) is 5.60. The lowest BCUT2D eigenvalue weighted by Gasteiger charge is -2.34. The molecular weight excluding hydrogens is 390 g/mol. The lowest BCUT2D eigenvalue weighted by atomic mass is 9.72. The second-order valence-corrected chi connectivity index (χ2v) is 8.58. The van der Waals surface area contributed by atoms with Gasteiger partial charge in [-0.2, -0.15) is 0 Å². The van der Waals surface area contributed by atoms with Crippen LogP contribution < -0.4 is 5.32 Å². The summed E-state index contributed by atoms with van der Waals surface area (Å²) >= 11 is 0. The van der Waals surface area contributed by atoms with E-state index in [1.54, 1.807) is 0 Å². The number of carbonyl (C=O) groups excluding carboxylic acids is 2. The molecule has 156 valence electrons. The summed E-state index contributed by atoms with van der Waals surface area (Å²) in [4.78, 5) is 29.1. The number of para-hydroxylation sites is 1. The quantitative estimate of drug-likeness (QED) is 0.700. The molecule has 1 saturated heterocycles. The molecule has 2 atom stereocenters. The molecule has 31 heavy (non-hydrogen) atoms. The van der Waals surface area contributed by atoms with Gasteiger partial charge in [-0.05, 0) is 36.5 Å². The van der Waals surface area contributed by atoms with Crippen molar-refractivity contribution in [2.24, 2.45) is 0 Å². The number of rotatable bonds is 2. The van der Waals surface area contributed by atoms with Gasteiger partial charge in [0, 0.05) is 25.2 Å². The van der Waals surface area contributed by atoms with Crippen molar-refractivity contribution in [3.63, 3.8) is 0 Å². The number of carbonyl (C=O) groups is 2. The third-order valence-electron chi connectivity index (χ3n) is 7.01. The van der Waals surface area contributed by atoms with Gasteiger partial charge in [0.25, 0.3) is 5.91 Å². The predicted molar refractivity (Wildman–Crippen MR) is 115 cm³/mol. The monoisotopic (exact) mass is 413 g/mol. The number of likely N-dealkylation sites (tertiary alicyclic amines) is 1. The summed E-state index contributed by atoms with van der Waals surface area (Å²) in [5.41, 5.74) is 1.95. The highest BCUT2D eigenvalue weighted by atomic mass is 16.2. The Labute approximate surface area is 180 Å². The van der Waals surface area contributed by atoms with E-state index >= 15 is 0 Å². The van der Waals surface area contributed by atoms with Gasteiger partial charge in [-0.25, -0.2) is 0 Å². The Morgan fingerprint density at radius 2 is 1.81 bits per heavy atom. The van der Waals surface area contributed by atoms with Gasteiger partial charge in [-0.3, -0.25) is 9.59 Å². The van der Waals surface area contributed by atoms with E-state index in [1.807, 2.05) is 64.1 Å². The summed E-state index contributed by atoms with van der Waals surface area (Å²) in [6.07, 6.45) is 3.51. The fraction of sp³-hybridized carbons (Fsp3) is 0.333. The second kappa shape index (κ2) is 6.77. The summed E-state index contributed by atoms with van der Waals surface area (Å²) in [5, 5.41) is 11.6. The van der Waals surface area contributed by atoms with Crippen molar-refractivity contribution in [3.05, 3.63) is 77.4 Å². The number of aryl methyl sites for hydroxylation is 1. The Hall–Kier alpha value is -3.48. The first-order valence-corrected chi connectivity index (χ1v) is 10.9. The summed E-state index contributed by atoms with van der Waals surface area (Å²) in [6.45, 7) is 1.25. The Bertz CT molecular complexity index is 1190. The molecule has 1 N–H and O–H groups in total. The van der Waals surface area contributed by atoms with Crippen LogP contribution in [0.5, 0.6) is 0 Å². The molecule has 0 bridgehead atoms. The molecule has 0 saturated carbocycles. The summed E-state index contributed by atoms with van der Waals surface area (Å²) in [5.74, 6) is 1.08. The van der Waals surface area contributed by atoms with Crippen LogP contribution in [-0.2, 0) is 23.2 Å². The lowest BCUT2D eigenvalue weighted by Crippen LogP contribution is -2.43. The van der Waals surface area contributed by atoms with Gasteiger partial charge in [0.1, 0.15) is 11.2 Å². The molecule has 7 heteroatoms. The first kappa shape index (κ1) is 18.3. The van der Waals surface area contributed by atoms with E-state index in [4.69, 9.17) is 0 Å². The number of amides is 2. The van der Waals surface area contributed by atoms with Crippen LogP contribution in [0.15, 0.2) is 54.6 Å². The van der Waals surface area contributed by atoms with E-state index in [-0.39, 0.29) is 11.8 Å². The van der Waals surface area contributed by atoms with Crippen LogP contribution in [0.4, 0.5) is 5.69 Å². The Morgan fingerprint density at radius 3 is 2.68 bits per heavy atom. The van der Waals surface area contributed by atoms with Gasteiger partial charge >= 0.3 is 0 Å². The minimum Gasteiger partial charge on any atom is -0.327 e. The minimum atomic E-state index is -0.807. The van der Waals surface area contributed by atoms with Crippen LogP contribution in [0.2, 0.25) is 0 Å². The molecule has 0 radical (unpaired) electrons. The Kier molecular flexibility index (Phi) is 4.00. The molecule has 1 fully saturated rings. The molecular formula is C24H23N5O2. The molecule has 0 aliphatic carbocycles. The van der Waals surface area contributed by atoms with Crippen molar-refractivity contribution >= 4 is 17.5 Å². The molecule has 1 spiro atoms. The molecule has 1 aromatic heterocycles. The third kappa shape index (κ3) is 2.52. The highest BCUT2D eigenvalue weighted by molar-refractivity contribution is 6.08. The summed E-state index contributed by atoms with van der Waals surface area (Å²) in [6, 6.07) is 17.3. The number of nitrogens with zero attached hydrogens (tertiary/aromatic N) is 4. The predicted octanol–water partition coefficient (Wildman–Crippen LogP) is 3.09. The van der Waals surface area contributed by atoms with Crippen molar-refractivity contribution in [3.8, 4) is 0 Å². The first-order valence-electron chi connectivity index (χ1n) is 10.9. The number of hydrogen-bond donors (Lipinski definition) is 1. The smallest absolute Gasteiger partial charge is 0.292 e. The van der Waals surface area contributed by atoms with Gasteiger partial charge in [0.05, 0.1) is 6.04 Å². The lowest BCUT2D eigenvalue weighted by molar-refractivity contribution is -0.121. The SMILES string of the molecule is O=C(c1nnc2n1CCCC2)N1CCC2(C(=O)Nc3ccccc32)C1c1ccccc1. The molecule has 2 amide bonds. The van der Waals surface area contributed by atoms with Gasteiger partial charge in [-0.15, -0.1) is 10.2 Å². The minimum absolute atomic E-state index is 0.0406. The van der Waals surface area contributed by atoms with Crippen molar-refractivity contribution in [1.82, 2.24) is 19.7 Å². The van der Waals surface area contributed by atoms with Gasteiger partial charge < -0.3 is 14.8 Å². The van der Waals surface area contributed by atoms with E-state index in [9.17, 15) is 9.59 Å². The van der Waals surface area contributed by atoms with E-state index in [1.165, 1.54) is 0 Å². The Balaban J connectivity index is 1.49. The van der Waals surface area contributed by atoms with Crippen molar-refractivity contribution in [2.75, 3.05) is 11.9 Å². The standard InChI is InChI=1S/C24H23N5O2/c30-22(21-27-26-19-12-6-7-14-28(19)21)29-15-13-24(20(29)16-8-2-1-3-9-16)17-10-4-5-11-18(17)25-23(24)31/h1-5,8-11,20H,6-7,12-15H2,(H,25,31). The van der Waals surface area contributed by atoms with E-state index in [2.05, 4.69) is 15.5 Å². The average Bonchev–Trinajstić information content (AvgIpc) is 3.49. The molecule has 4 heterocycles. The summed E-state index contributed by atoms with van der Waals surface area (Å²) in [7, 11) is 0. The number of fused-ring (bicyclic) bond motifs is 3. The molecule has 7 nitrogen and oxygen atoms in total. The largest absolute Gasteiger partial charge is 0.327 e. The Morgan fingerprint density at radius 1 is 1.00 bits per heavy atom. The maximum Gasteiger partial charge on any atom is 0.292 e. The maximum absolute atomic E-state index is 13.8. The first-order chi connectivity index (χ1) is 15.2. The van der Waals surface area contributed by atoms with Gasteiger partial charge in [0.2, 0.25) is 11.7 Å². The zero-order valence-electron chi connectivity index (χ0n) is 17.1. The van der Waals surface area contributed by atoms with Gasteiger partial charge in [-0.1, -0.05) is 48.5 Å². The highest BCUT2D eigenvalue weighted by Gasteiger charge is 2.59. The number of benzene rings is 2. The third-order valence-corrected chi connectivity index (χ3v) is 7.01. The fourth-order valence-corrected chi connectivity index (χ4v) is 5.60. The van der Waals surface area contributed by atoms with E-state index in [0.29, 0.717) is 18.8 Å². The van der Waals surface area contributed by atoms with Crippen molar-refractivity contribution in [1.29, 1.82) is 0 Å². The van der Waals surface area contributed by atoms with Crippen LogP contribution in [0.25, 0.3) is 0 Å². The number of aromatic nitrogens is 3. The average molecular weight is 413 g/mol. The number of hydrogen-bond acceptors (Lipinski definition) is 4. The van der Waals surface area contributed by atoms with Crippen LogP contribution in [0.1, 0.15) is 52.9 Å². The van der Waals surface area contributed by atoms with Crippen molar-refractivity contribution in [2.45, 2.75) is 43.7 Å². The molecule has 3 aliphatic heterocycles. The zero-order chi connectivity index (χ0) is 21.0. The molecule has 2 aromatic carbocycles. The van der Waals surface area contributed by atoms with E-state index in [0.717, 1.165) is 48.4 Å². The maximum atomic E-state index is 13.8. The number of anilines is 1. The molecule has 3 aromatic rings. The second-order valence-electron chi connectivity index (χ2n) is 8.58. The highest BCUT2D eigenvalue weighted by Crippen LogP contribution is 2.54. The summed E-state index contributed by atoms with van der Waals surface area (Å²) < 4.78 is 1.96. The van der Waals surface area contributed by atoms with Crippen molar-refractivity contribution < 1.29 is 9.59 Å². The zero-order valence-corrected chi connectivity index (χ0v) is 17.1.